The molecule has 1 aromatic heterocycles. The van der Waals surface area contributed by atoms with Crippen LogP contribution >= 0.6 is 11.8 Å². The number of aryl methyl sites for hydroxylation is 1. The quantitative estimate of drug-likeness (QED) is 0.838. The van der Waals surface area contributed by atoms with E-state index in [9.17, 15) is 0 Å². The van der Waals surface area contributed by atoms with Gasteiger partial charge in [-0.2, -0.15) is 16.7 Å². The van der Waals surface area contributed by atoms with E-state index in [-0.39, 0.29) is 5.54 Å². The van der Waals surface area contributed by atoms with Gasteiger partial charge in [0.1, 0.15) is 0 Å². The maximum Gasteiger partial charge on any atom is 0.220 e. The zero-order chi connectivity index (χ0) is 11.2. The van der Waals surface area contributed by atoms with Crippen LogP contribution in [-0.2, 0) is 17.7 Å². The Kier molecular flexibility index (Phi) is 2.33. The number of thioether (sulfide) groups is 1. The van der Waals surface area contributed by atoms with Crippen LogP contribution in [0, 0.1) is 0 Å². The normalized spacial score (nSPS) is 21.4. The highest BCUT2D eigenvalue weighted by Crippen LogP contribution is 2.42. The van der Waals surface area contributed by atoms with Crippen LogP contribution in [0.2, 0.25) is 0 Å². The Bertz CT molecular complexity index is 414. The number of nitrogens with two attached hydrogens (primary N) is 1. The lowest BCUT2D eigenvalue weighted by Crippen LogP contribution is -2.24. The van der Waals surface area contributed by atoms with Gasteiger partial charge in [0.15, 0.2) is 5.82 Å². The molecule has 0 saturated heterocycles. The van der Waals surface area contributed by atoms with Crippen molar-refractivity contribution in [3.05, 3.63) is 17.1 Å². The molecule has 0 aromatic carbocycles. The lowest BCUT2D eigenvalue weighted by Gasteiger charge is -2.19. The molecule has 1 aromatic rings. The first-order valence-corrected chi connectivity index (χ1v) is 6.69. The highest BCUT2D eigenvalue weighted by Gasteiger charge is 2.44. The molecule has 0 amide bonds. The zero-order valence-corrected chi connectivity index (χ0v) is 10.1. The fourth-order valence-corrected chi connectivity index (χ4v) is 2.93. The Morgan fingerprint density at radius 2 is 2.19 bits per heavy atom. The van der Waals surface area contributed by atoms with E-state index >= 15 is 0 Å². The van der Waals surface area contributed by atoms with Gasteiger partial charge in [0.25, 0.3) is 0 Å². The van der Waals surface area contributed by atoms with Gasteiger partial charge in [0, 0.05) is 11.3 Å². The van der Waals surface area contributed by atoms with Crippen molar-refractivity contribution in [1.82, 2.24) is 9.97 Å². The second-order valence-corrected chi connectivity index (χ2v) is 5.55. The highest BCUT2D eigenvalue weighted by atomic mass is 32.2. The SMILES string of the molecule is COc1nc(C2(N)CC2)nc2c1CSCC2. The fraction of sp³-hybridized carbons (Fsp3) is 0.636. The van der Waals surface area contributed by atoms with E-state index in [1.165, 1.54) is 0 Å². The molecule has 5 heteroatoms. The summed E-state index contributed by atoms with van der Waals surface area (Å²) in [4.78, 5) is 9.09. The fourth-order valence-electron chi connectivity index (χ4n) is 1.95. The van der Waals surface area contributed by atoms with Gasteiger partial charge in [-0.1, -0.05) is 0 Å². The molecular formula is C11H15N3OS. The number of hydrogen-bond donors (Lipinski definition) is 1. The van der Waals surface area contributed by atoms with E-state index in [4.69, 9.17) is 10.5 Å². The molecular weight excluding hydrogens is 222 g/mol. The predicted molar refractivity (Wildman–Crippen MR) is 63.5 cm³/mol. The standard InChI is InChI=1S/C11H15N3OS/c1-15-9-7-6-16-5-2-8(7)13-10(14-9)11(12)3-4-11/h2-6,12H2,1H3. The first-order chi connectivity index (χ1) is 7.73. The maximum absolute atomic E-state index is 6.14. The van der Waals surface area contributed by atoms with Gasteiger partial charge in [-0.15, -0.1) is 0 Å². The van der Waals surface area contributed by atoms with E-state index in [0.717, 1.165) is 53.7 Å². The lowest BCUT2D eigenvalue weighted by atomic mass is 10.1. The molecule has 0 radical (unpaired) electrons. The summed E-state index contributed by atoms with van der Waals surface area (Å²) < 4.78 is 5.36. The van der Waals surface area contributed by atoms with E-state index in [2.05, 4.69) is 9.97 Å². The molecule has 0 spiro atoms. The van der Waals surface area contributed by atoms with Crippen LogP contribution < -0.4 is 10.5 Å². The molecule has 4 nitrogen and oxygen atoms in total. The van der Waals surface area contributed by atoms with Crippen molar-refractivity contribution >= 4 is 11.8 Å². The van der Waals surface area contributed by atoms with Gasteiger partial charge in [-0.05, 0) is 25.0 Å². The number of fused-ring (bicyclic) bond motifs is 1. The molecule has 2 heterocycles. The minimum atomic E-state index is -0.271. The second-order valence-electron chi connectivity index (χ2n) is 4.44. The maximum atomic E-state index is 6.14. The molecule has 0 bridgehead atoms. The Balaban J connectivity index is 2.09. The van der Waals surface area contributed by atoms with Crippen LogP contribution in [0.3, 0.4) is 0 Å². The summed E-state index contributed by atoms with van der Waals surface area (Å²) in [5.74, 6) is 3.58. The summed E-state index contributed by atoms with van der Waals surface area (Å²) in [6.45, 7) is 0. The number of nitrogens with zero attached hydrogens (tertiary/aromatic N) is 2. The average Bonchev–Trinajstić information content (AvgIpc) is 3.07. The summed E-state index contributed by atoms with van der Waals surface area (Å²) in [5.41, 5.74) is 8.16. The Morgan fingerprint density at radius 1 is 1.38 bits per heavy atom. The largest absolute Gasteiger partial charge is 0.481 e. The third-order valence-corrected chi connectivity index (χ3v) is 4.20. The smallest absolute Gasteiger partial charge is 0.220 e. The second kappa shape index (κ2) is 3.60. The molecule has 2 aliphatic rings. The summed E-state index contributed by atoms with van der Waals surface area (Å²) in [6, 6.07) is 0. The molecule has 86 valence electrons. The average molecular weight is 237 g/mol. The van der Waals surface area contributed by atoms with Crippen LogP contribution in [0.1, 0.15) is 29.9 Å². The summed E-state index contributed by atoms with van der Waals surface area (Å²) in [5, 5.41) is 0. The van der Waals surface area contributed by atoms with Gasteiger partial charge in [0.2, 0.25) is 5.88 Å². The third-order valence-electron chi connectivity index (χ3n) is 3.21. The lowest BCUT2D eigenvalue weighted by molar-refractivity contribution is 0.387. The van der Waals surface area contributed by atoms with Crippen molar-refractivity contribution in [1.29, 1.82) is 0 Å². The van der Waals surface area contributed by atoms with Crippen molar-refractivity contribution in [2.24, 2.45) is 5.73 Å². The molecule has 3 rings (SSSR count). The monoisotopic (exact) mass is 237 g/mol. The van der Waals surface area contributed by atoms with Crippen LogP contribution in [0.4, 0.5) is 0 Å². The van der Waals surface area contributed by atoms with Crippen molar-refractivity contribution in [3.63, 3.8) is 0 Å². The van der Waals surface area contributed by atoms with Gasteiger partial charge >= 0.3 is 0 Å². The summed E-state index contributed by atoms with van der Waals surface area (Å²) in [7, 11) is 1.67. The molecule has 0 atom stereocenters. The van der Waals surface area contributed by atoms with Crippen molar-refractivity contribution < 1.29 is 4.74 Å². The van der Waals surface area contributed by atoms with Crippen LogP contribution in [0.15, 0.2) is 0 Å². The Morgan fingerprint density at radius 3 is 2.88 bits per heavy atom. The van der Waals surface area contributed by atoms with E-state index < -0.39 is 0 Å². The van der Waals surface area contributed by atoms with Crippen LogP contribution in [0.5, 0.6) is 5.88 Å². The number of hydrogen-bond acceptors (Lipinski definition) is 5. The van der Waals surface area contributed by atoms with Crippen molar-refractivity contribution in [3.8, 4) is 5.88 Å². The molecule has 1 fully saturated rings. The van der Waals surface area contributed by atoms with E-state index in [1.54, 1.807) is 7.11 Å². The first-order valence-electron chi connectivity index (χ1n) is 5.54. The van der Waals surface area contributed by atoms with E-state index in [0.29, 0.717) is 0 Å². The first kappa shape index (κ1) is 10.4. The van der Waals surface area contributed by atoms with Gasteiger partial charge in [0.05, 0.1) is 18.3 Å². The molecule has 16 heavy (non-hydrogen) atoms. The van der Waals surface area contributed by atoms with Crippen molar-refractivity contribution in [2.75, 3.05) is 12.9 Å². The highest BCUT2D eigenvalue weighted by molar-refractivity contribution is 7.98. The molecule has 0 unspecified atom stereocenters. The molecule has 1 saturated carbocycles. The van der Waals surface area contributed by atoms with Crippen LogP contribution in [0.25, 0.3) is 0 Å². The summed E-state index contributed by atoms with van der Waals surface area (Å²) >= 11 is 1.90. The van der Waals surface area contributed by atoms with Gasteiger partial charge in [-0.3, -0.25) is 0 Å². The topological polar surface area (TPSA) is 61.0 Å². The molecule has 1 aliphatic carbocycles. The third kappa shape index (κ3) is 1.58. The van der Waals surface area contributed by atoms with Gasteiger partial charge in [-0.25, -0.2) is 4.98 Å². The zero-order valence-electron chi connectivity index (χ0n) is 9.32. The van der Waals surface area contributed by atoms with Crippen molar-refractivity contribution in [2.45, 2.75) is 30.6 Å². The van der Waals surface area contributed by atoms with Crippen LogP contribution in [-0.4, -0.2) is 22.8 Å². The summed E-state index contributed by atoms with van der Waals surface area (Å²) in [6.07, 6.45) is 2.98. The van der Waals surface area contributed by atoms with E-state index in [1.807, 2.05) is 11.8 Å². The van der Waals surface area contributed by atoms with Gasteiger partial charge < -0.3 is 10.5 Å². The minimum Gasteiger partial charge on any atom is -0.481 e. The number of ether oxygens (including phenoxy) is 1. The predicted octanol–water partition coefficient (Wildman–Crippen LogP) is 1.22. The number of methoxy groups -OCH3 is 1. The minimum absolute atomic E-state index is 0.271. The molecule has 1 aliphatic heterocycles. The number of rotatable bonds is 2. The Hall–Kier alpha value is -0.810. The molecule has 2 N–H and O–H groups in total. The Labute approximate surface area is 99.0 Å². The number of aromatic nitrogens is 2.